The van der Waals surface area contributed by atoms with Crippen LogP contribution in [0, 0.1) is 6.92 Å². The summed E-state index contributed by atoms with van der Waals surface area (Å²) in [5, 5.41) is 0. The lowest BCUT2D eigenvalue weighted by molar-refractivity contribution is 0.540. The molecular weight excluding hydrogens is 248 g/mol. The lowest BCUT2D eigenvalue weighted by Gasteiger charge is -2.21. The summed E-state index contributed by atoms with van der Waals surface area (Å²) in [5.74, 6) is 0.440. The van der Waals surface area contributed by atoms with Crippen molar-refractivity contribution in [1.29, 1.82) is 0 Å². The molecule has 0 saturated heterocycles. The minimum Gasteiger partial charge on any atom is -0.348 e. The van der Waals surface area contributed by atoms with Gasteiger partial charge in [-0.25, -0.2) is 8.42 Å². The number of nitrogens with two attached hydrogens (primary N) is 1. The smallest absolute Gasteiger partial charge is 0.151 e. The standard InChI is InChI=1S/C13H22N2O2S/c1-3-18(16,17)8-7-15-10(2)9-11-12(14)5-4-6-13(11)15/h9,12H,3-8,14H2,1-2H3. The maximum Gasteiger partial charge on any atom is 0.151 e. The zero-order valence-corrected chi connectivity index (χ0v) is 12.0. The van der Waals surface area contributed by atoms with E-state index in [1.165, 1.54) is 11.3 Å². The first-order chi connectivity index (χ1) is 8.44. The SMILES string of the molecule is CCS(=O)(=O)CCn1c(C)cc2c1CCCC2N. The molecule has 0 fully saturated rings. The van der Waals surface area contributed by atoms with E-state index in [1.54, 1.807) is 6.92 Å². The third kappa shape index (κ3) is 2.62. The van der Waals surface area contributed by atoms with Crippen molar-refractivity contribution >= 4 is 9.84 Å². The number of fused-ring (bicyclic) bond motifs is 1. The van der Waals surface area contributed by atoms with Crippen molar-refractivity contribution in [1.82, 2.24) is 4.57 Å². The Kier molecular flexibility index (Phi) is 3.82. The molecule has 1 aliphatic rings. The van der Waals surface area contributed by atoms with Crippen LogP contribution in [-0.2, 0) is 22.8 Å². The molecule has 0 amide bonds. The van der Waals surface area contributed by atoms with Gasteiger partial charge in [0.2, 0.25) is 0 Å². The second kappa shape index (κ2) is 5.05. The summed E-state index contributed by atoms with van der Waals surface area (Å²) in [7, 11) is -2.90. The number of hydrogen-bond donors (Lipinski definition) is 1. The van der Waals surface area contributed by atoms with Crippen molar-refractivity contribution in [2.24, 2.45) is 5.73 Å². The van der Waals surface area contributed by atoms with E-state index in [1.807, 2.05) is 6.92 Å². The van der Waals surface area contributed by atoms with E-state index in [0.717, 1.165) is 25.0 Å². The fraction of sp³-hybridized carbons (Fsp3) is 0.692. The van der Waals surface area contributed by atoms with Crippen LogP contribution >= 0.6 is 0 Å². The van der Waals surface area contributed by atoms with Crippen LogP contribution < -0.4 is 5.73 Å². The van der Waals surface area contributed by atoms with E-state index in [2.05, 4.69) is 10.6 Å². The van der Waals surface area contributed by atoms with Gasteiger partial charge in [0.05, 0.1) is 5.75 Å². The second-order valence-electron chi connectivity index (χ2n) is 5.07. The molecule has 0 spiro atoms. The van der Waals surface area contributed by atoms with Crippen molar-refractivity contribution in [3.63, 3.8) is 0 Å². The molecule has 18 heavy (non-hydrogen) atoms. The Bertz CT molecular complexity index is 531. The van der Waals surface area contributed by atoms with Gasteiger partial charge in [0, 0.05) is 29.7 Å². The molecule has 0 bridgehead atoms. The summed E-state index contributed by atoms with van der Waals surface area (Å²) in [6, 6.07) is 2.24. The largest absolute Gasteiger partial charge is 0.348 e. The third-order valence-corrected chi connectivity index (χ3v) is 5.53. The Morgan fingerprint density at radius 2 is 2.22 bits per heavy atom. The van der Waals surface area contributed by atoms with Crippen molar-refractivity contribution in [3.8, 4) is 0 Å². The number of sulfone groups is 1. The van der Waals surface area contributed by atoms with Crippen molar-refractivity contribution in [3.05, 3.63) is 23.0 Å². The van der Waals surface area contributed by atoms with E-state index in [0.29, 0.717) is 6.54 Å². The lowest BCUT2D eigenvalue weighted by atomic mass is 9.93. The minimum absolute atomic E-state index is 0.122. The molecule has 1 aromatic heterocycles. The van der Waals surface area contributed by atoms with E-state index in [4.69, 9.17) is 5.73 Å². The third-order valence-electron chi connectivity index (χ3n) is 3.84. The lowest BCUT2D eigenvalue weighted by Crippen LogP contribution is -2.21. The van der Waals surface area contributed by atoms with Gasteiger partial charge in [-0.15, -0.1) is 0 Å². The normalized spacial score (nSPS) is 19.8. The molecule has 1 atom stereocenters. The van der Waals surface area contributed by atoms with Crippen LogP contribution in [0.3, 0.4) is 0 Å². The van der Waals surface area contributed by atoms with Crippen LogP contribution in [0.15, 0.2) is 6.07 Å². The number of rotatable bonds is 4. The maximum absolute atomic E-state index is 11.6. The van der Waals surface area contributed by atoms with Gasteiger partial charge in [-0.2, -0.15) is 0 Å². The molecule has 1 heterocycles. The fourth-order valence-corrected chi connectivity index (χ4v) is 3.44. The van der Waals surface area contributed by atoms with Crippen LogP contribution in [0.4, 0.5) is 0 Å². The Hall–Kier alpha value is -0.810. The first kappa shape index (κ1) is 13.6. The number of hydrogen-bond acceptors (Lipinski definition) is 3. The molecule has 1 unspecified atom stereocenters. The Morgan fingerprint density at radius 3 is 2.89 bits per heavy atom. The summed E-state index contributed by atoms with van der Waals surface area (Å²) >= 11 is 0. The van der Waals surface area contributed by atoms with E-state index in [-0.39, 0.29) is 17.5 Å². The van der Waals surface area contributed by atoms with Gasteiger partial charge >= 0.3 is 0 Å². The highest BCUT2D eigenvalue weighted by Gasteiger charge is 2.22. The molecule has 0 aromatic carbocycles. The van der Waals surface area contributed by atoms with Gasteiger partial charge in [0.25, 0.3) is 0 Å². The van der Waals surface area contributed by atoms with Crippen LogP contribution in [-0.4, -0.2) is 24.5 Å². The van der Waals surface area contributed by atoms with E-state index >= 15 is 0 Å². The highest BCUT2D eigenvalue weighted by molar-refractivity contribution is 7.91. The molecule has 2 N–H and O–H groups in total. The zero-order valence-electron chi connectivity index (χ0n) is 11.1. The topological polar surface area (TPSA) is 65.1 Å². The van der Waals surface area contributed by atoms with Crippen molar-refractivity contribution in [2.75, 3.05) is 11.5 Å². The Balaban J connectivity index is 2.24. The number of aryl methyl sites for hydroxylation is 1. The summed E-state index contributed by atoms with van der Waals surface area (Å²) < 4.78 is 25.3. The Morgan fingerprint density at radius 1 is 1.50 bits per heavy atom. The molecule has 4 nitrogen and oxygen atoms in total. The van der Waals surface area contributed by atoms with Gasteiger partial charge in [-0.1, -0.05) is 6.92 Å². The first-order valence-corrected chi connectivity index (χ1v) is 8.41. The van der Waals surface area contributed by atoms with Gasteiger partial charge in [0.15, 0.2) is 9.84 Å². The fourth-order valence-electron chi connectivity index (χ4n) is 2.69. The predicted octanol–water partition coefficient (Wildman–Crippen LogP) is 1.57. The van der Waals surface area contributed by atoms with Gasteiger partial charge < -0.3 is 10.3 Å². The molecule has 1 aliphatic carbocycles. The summed E-state index contributed by atoms with van der Waals surface area (Å²) in [4.78, 5) is 0. The van der Waals surface area contributed by atoms with Crippen molar-refractivity contribution < 1.29 is 8.42 Å². The zero-order chi connectivity index (χ0) is 13.3. The predicted molar refractivity (Wildman–Crippen MR) is 73.4 cm³/mol. The molecule has 5 heteroatoms. The van der Waals surface area contributed by atoms with Crippen LogP contribution in [0.1, 0.15) is 42.8 Å². The molecular formula is C13H22N2O2S. The van der Waals surface area contributed by atoms with E-state index in [9.17, 15) is 8.42 Å². The molecule has 0 saturated carbocycles. The molecule has 102 valence electrons. The van der Waals surface area contributed by atoms with Gasteiger partial charge in [-0.05, 0) is 37.8 Å². The molecule has 0 radical (unpaired) electrons. The average Bonchev–Trinajstić information content (AvgIpc) is 2.65. The quantitative estimate of drug-likeness (QED) is 0.903. The van der Waals surface area contributed by atoms with Crippen LogP contribution in [0.25, 0.3) is 0 Å². The second-order valence-corrected chi connectivity index (χ2v) is 7.55. The summed E-state index contributed by atoms with van der Waals surface area (Å²) in [6.07, 6.45) is 3.14. The Labute approximate surface area is 109 Å². The van der Waals surface area contributed by atoms with Crippen LogP contribution in [0.5, 0.6) is 0 Å². The minimum atomic E-state index is -2.90. The summed E-state index contributed by atoms with van der Waals surface area (Å²) in [5.41, 5.74) is 9.70. The molecule has 2 rings (SSSR count). The van der Waals surface area contributed by atoms with Crippen molar-refractivity contribution in [2.45, 2.75) is 45.7 Å². The van der Waals surface area contributed by atoms with Crippen LogP contribution in [0.2, 0.25) is 0 Å². The number of aromatic nitrogens is 1. The highest BCUT2D eigenvalue weighted by atomic mass is 32.2. The highest BCUT2D eigenvalue weighted by Crippen LogP contribution is 2.30. The van der Waals surface area contributed by atoms with E-state index < -0.39 is 9.84 Å². The van der Waals surface area contributed by atoms with Gasteiger partial charge in [0.1, 0.15) is 0 Å². The molecule has 1 aromatic rings. The monoisotopic (exact) mass is 270 g/mol. The molecule has 0 aliphatic heterocycles. The first-order valence-electron chi connectivity index (χ1n) is 6.59. The average molecular weight is 270 g/mol. The summed E-state index contributed by atoms with van der Waals surface area (Å²) in [6.45, 7) is 4.29. The van der Waals surface area contributed by atoms with Gasteiger partial charge in [-0.3, -0.25) is 0 Å². The maximum atomic E-state index is 11.6. The number of nitrogens with zero attached hydrogens (tertiary/aromatic N) is 1.